The van der Waals surface area contributed by atoms with Crippen molar-refractivity contribution in [2.75, 3.05) is 13.1 Å². The fourth-order valence-electron chi connectivity index (χ4n) is 3.61. The van der Waals surface area contributed by atoms with Gasteiger partial charge in [-0.3, -0.25) is 9.88 Å². The van der Waals surface area contributed by atoms with Crippen LogP contribution in [0.4, 0.5) is 0 Å². The molecule has 3 aromatic rings. The van der Waals surface area contributed by atoms with E-state index in [9.17, 15) is 5.11 Å². The monoisotopic (exact) mass is 404 g/mol. The zero-order chi connectivity index (χ0) is 20.6. The van der Waals surface area contributed by atoms with E-state index in [0.717, 1.165) is 56.7 Å². The lowest BCUT2D eigenvalue weighted by molar-refractivity contribution is 0.0792. The standard InChI is InChI=1S/C24H28N4O2/c29-23-12-15-28(16-13-23)17-20-6-4-19(5-7-20)8-9-21-10-11-24(27-26-21)30-18-22-3-1-2-14-25-22/h1-7,10-11,14,23,29H,8-9,12-13,15-18H2. The van der Waals surface area contributed by atoms with Crippen LogP contribution in [0.3, 0.4) is 0 Å². The Balaban J connectivity index is 1.22. The van der Waals surface area contributed by atoms with Crippen LogP contribution in [0.25, 0.3) is 0 Å². The van der Waals surface area contributed by atoms with Crippen molar-refractivity contribution >= 4 is 0 Å². The third-order valence-corrected chi connectivity index (χ3v) is 5.45. The molecule has 6 nitrogen and oxygen atoms in total. The molecule has 0 unspecified atom stereocenters. The van der Waals surface area contributed by atoms with Crippen LogP contribution in [-0.2, 0) is 26.0 Å². The summed E-state index contributed by atoms with van der Waals surface area (Å²) in [4.78, 5) is 6.64. The first-order chi connectivity index (χ1) is 14.7. The highest BCUT2D eigenvalue weighted by Gasteiger charge is 2.16. The van der Waals surface area contributed by atoms with E-state index in [-0.39, 0.29) is 6.10 Å². The molecule has 0 atom stereocenters. The molecule has 1 aliphatic heterocycles. The summed E-state index contributed by atoms with van der Waals surface area (Å²) in [5.41, 5.74) is 4.44. The molecule has 1 aromatic carbocycles. The highest BCUT2D eigenvalue weighted by molar-refractivity contribution is 5.23. The molecule has 1 N–H and O–H groups in total. The quantitative estimate of drug-likeness (QED) is 0.622. The highest BCUT2D eigenvalue weighted by Crippen LogP contribution is 2.15. The fraction of sp³-hybridized carbons (Fsp3) is 0.375. The first kappa shape index (κ1) is 20.4. The zero-order valence-corrected chi connectivity index (χ0v) is 17.2. The maximum atomic E-state index is 9.63. The predicted molar refractivity (Wildman–Crippen MR) is 115 cm³/mol. The summed E-state index contributed by atoms with van der Waals surface area (Å²) < 4.78 is 5.64. The molecule has 6 heteroatoms. The van der Waals surface area contributed by atoms with Crippen LogP contribution in [0.15, 0.2) is 60.8 Å². The van der Waals surface area contributed by atoms with Crippen LogP contribution in [-0.4, -0.2) is 44.4 Å². The van der Waals surface area contributed by atoms with Gasteiger partial charge in [0.15, 0.2) is 0 Å². The van der Waals surface area contributed by atoms with E-state index in [1.165, 1.54) is 11.1 Å². The van der Waals surface area contributed by atoms with E-state index in [1.807, 2.05) is 30.3 Å². The maximum absolute atomic E-state index is 9.63. The van der Waals surface area contributed by atoms with Crippen molar-refractivity contribution in [3.63, 3.8) is 0 Å². The molecular formula is C24H28N4O2. The Hall–Kier alpha value is -2.83. The Labute approximate surface area is 177 Å². The normalized spacial score (nSPS) is 15.2. The van der Waals surface area contributed by atoms with Gasteiger partial charge in [0.2, 0.25) is 5.88 Å². The molecule has 0 amide bonds. The van der Waals surface area contributed by atoms with Crippen LogP contribution >= 0.6 is 0 Å². The second-order valence-corrected chi connectivity index (χ2v) is 7.80. The van der Waals surface area contributed by atoms with Crippen molar-refractivity contribution in [1.82, 2.24) is 20.1 Å². The fourth-order valence-corrected chi connectivity index (χ4v) is 3.61. The molecule has 1 saturated heterocycles. The number of nitrogens with zero attached hydrogens (tertiary/aromatic N) is 4. The van der Waals surface area contributed by atoms with E-state index in [1.54, 1.807) is 6.20 Å². The summed E-state index contributed by atoms with van der Waals surface area (Å²) in [6, 6.07) is 18.4. The average molecular weight is 405 g/mol. The van der Waals surface area contributed by atoms with E-state index in [2.05, 4.69) is 44.3 Å². The largest absolute Gasteiger partial charge is 0.470 e. The molecule has 3 heterocycles. The second-order valence-electron chi connectivity index (χ2n) is 7.80. The molecule has 0 bridgehead atoms. The molecule has 0 saturated carbocycles. The molecule has 30 heavy (non-hydrogen) atoms. The molecular weight excluding hydrogens is 376 g/mol. The Bertz CT molecular complexity index is 893. The number of ether oxygens (including phenoxy) is 1. The first-order valence-corrected chi connectivity index (χ1v) is 10.6. The number of benzene rings is 1. The zero-order valence-electron chi connectivity index (χ0n) is 17.2. The van der Waals surface area contributed by atoms with E-state index < -0.39 is 0 Å². The van der Waals surface area contributed by atoms with Gasteiger partial charge in [-0.2, -0.15) is 5.10 Å². The molecule has 1 aliphatic rings. The van der Waals surface area contributed by atoms with Crippen LogP contribution < -0.4 is 4.74 Å². The predicted octanol–water partition coefficient (Wildman–Crippen LogP) is 3.19. The van der Waals surface area contributed by atoms with Gasteiger partial charge in [-0.1, -0.05) is 30.3 Å². The van der Waals surface area contributed by atoms with Crippen LogP contribution in [0.5, 0.6) is 5.88 Å². The highest BCUT2D eigenvalue weighted by atomic mass is 16.5. The summed E-state index contributed by atoms with van der Waals surface area (Å²) >= 11 is 0. The van der Waals surface area contributed by atoms with Gasteiger partial charge >= 0.3 is 0 Å². The molecule has 0 radical (unpaired) electrons. The van der Waals surface area contributed by atoms with Gasteiger partial charge in [0.05, 0.1) is 17.5 Å². The summed E-state index contributed by atoms with van der Waals surface area (Å²) in [6.07, 6.45) is 5.17. The van der Waals surface area contributed by atoms with Crippen LogP contribution in [0.2, 0.25) is 0 Å². The SMILES string of the molecule is OC1CCN(Cc2ccc(CCc3ccc(OCc4ccccn4)nn3)cc2)CC1. The number of aromatic nitrogens is 3. The number of aliphatic hydroxyl groups is 1. The summed E-state index contributed by atoms with van der Waals surface area (Å²) in [6.45, 7) is 3.30. The maximum Gasteiger partial charge on any atom is 0.233 e. The number of aryl methyl sites for hydroxylation is 2. The van der Waals surface area contributed by atoms with Gasteiger partial charge in [0, 0.05) is 31.9 Å². The number of hydrogen-bond donors (Lipinski definition) is 1. The molecule has 2 aromatic heterocycles. The molecule has 1 fully saturated rings. The van der Waals surface area contributed by atoms with Gasteiger partial charge in [-0.25, -0.2) is 0 Å². The number of likely N-dealkylation sites (tertiary alicyclic amines) is 1. The van der Waals surface area contributed by atoms with Crippen molar-refractivity contribution in [3.05, 3.63) is 83.3 Å². The first-order valence-electron chi connectivity index (χ1n) is 10.6. The van der Waals surface area contributed by atoms with Crippen molar-refractivity contribution in [1.29, 1.82) is 0 Å². The minimum Gasteiger partial charge on any atom is -0.470 e. The minimum absolute atomic E-state index is 0.117. The molecule has 4 rings (SSSR count). The average Bonchev–Trinajstić information content (AvgIpc) is 2.80. The lowest BCUT2D eigenvalue weighted by Crippen LogP contribution is -2.35. The van der Waals surface area contributed by atoms with Crippen LogP contribution in [0, 0.1) is 0 Å². The Morgan fingerprint density at radius 1 is 0.867 bits per heavy atom. The third kappa shape index (κ3) is 6.08. The third-order valence-electron chi connectivity index (χ3n) is 5.45. The second kappa shape index (κ2) is 10.3. The van der Waals surface area contributed by atoms with Gasteiger partial charge < -0.3 is 9.84 Å². The summed E-state index contributed by atoms with van der Waals surface area (Å²) in [5, 5.41) is 18.1. The smallest absolute Gasteiger partial charge is 0.233 e. The number of aliphatic hydroxyl groups excluding tert-OH is 1. The summed E-state index contributed by atoms with van der Waals surface area (Å²) in [7, 11) is 0. The number of hydrogen-bond acceptors (Lipinski definition) is 6. The van der Waals surface area contributed by atoms with Crippen molar-refractivity contribution in [2.24, 2.45) is 0 Å². The Morgan fingerprint density at radius 2 is 1.67 bits per heavy atom. The lowest BCUT2D eigenvalue weighted by Gasteiger charge is -2.29. The summed E-state index contributed by atoms with van der Waals surface area (Å²) in [5.74, 6) is 0.513. The van der Waals surface area contributed by atoms with Crippen molar-refractivity contribution in [2.45, 2.75) is 44.9 Å². The minimum atomic E-state index is -0.117. The van der Waals surface area contributed by atoms with E-state index in [4.69, 9.17) is 4.74 Å². The van der Waals surface area contributed by atoms with Gasteiger partial charge in [0.25, 0.3) is 0 Å². The van der Waals surface area contributed by atoms with Crippen LogP contribution in [0.1, 0.15) is 35.4 Å². The number of piperidine rings is 1. The molecule has 0 aliphatic carbocycles. The van der Waals surface area contributed by atoms with Gasteiger partial charge in [-0.15, -0.1) is 5.10 Å². The van der Waals surface area contributed by atoms with Crippen molar-refractivity contribution in [3.8, 4) is 5.88 Å². The topological polar surface area (TPSA) is 71.4 Å². The van der Waals surface area contributed by atoms with Crippen molar-refractivity contribution < 1.29 is 9.84 Å². The molecule has 0 spiro atoms. The Kier molecular flexibility index (Phi) is 7.00. The van der Waals surface area contributed by atoms with E-state index in [0.29, 0.717) is 12.5 Å². The number of rotatable bonds is 8. The van der Waals surface area contributed by atoms with Gasteiger partial charge in [0.1, 0.15) is 6.61 Å². The lowest BCUT2D eigenvalue weighted by atomic mass is 10.0. The Morgan fingerprint density at radius 3 is 2.37 bits per heavy atom. The number of pyridine rings is 1. The van der Waals surface area contributed by atoms with E-state index >= 15 is 0 Å². The molecule has 156 valence electrons. The van der Waals surface area contributed by atoms with Gasteiger partial charge in [-0.05, 0) is 55.0 Å².